The number of rotatable bonds is 8. The van der Waals surface area contributed by atoms with Crippen LogP contribution in [-0.2, 0) is 17.6 Å². The van der Waals surface area contributed by atoms with E-state index in [0.29, 0.717) is 22.9 Å². The Balaban J connectivity index is 1.17. The van der Waals surface area contributed by atoms with E-state index in [1.54, 1.807) is 19.1 Å². The number of aromatic nitrogens is 1. The number of carbonyl (C=O) groups is 1. The van der Waals surface area contributed by atoms with Crippen molar-refractivity contribution >= 4 is 17.2 Å². The molecule has 2 aliphatic heterocycles. The number of nitrogens with one attached hydrogen (secondary N) is 1. The van der Waals surface area contributed by atoms with Gasteiger partial charge in [0.25, 0.3) is 17.0 Å². The third kappa shape index (κ3) is 7.17. The summed E-state index contributed by atoms with van der Waals surface area (Å²) < 4.78 is 51.0. The molecule has 2 atom stereocenters. The largest absolute Gasteiger partial charge is 0.464 e. The molecule has 10 heteroatoms. The molecule has 6 nitrogen and oxygen atoms in total. The number of benzene rings is 1. The van der Waals surface area contributed by atoms with Gasteiger partial charge >= 0.3 is 0 Å². The van der Waals surface area contributed by atoms with Gasteiger partial charge in [0.2, 0.25) is 0 Å². The molecule has 1 aromatic heterocycles. The lowest BCUT2D eigenvalue weighted by molar-refractivity contribution is -0.0230. The van der Waals surface area contributed by atoms with Crippen molar-refractivity contribution in [3.05, 3.63) is 45.7 Å². The predicted octanol–water partition coefficient (Wildman–Crippen LogP) is 4.39. The normalized spacial score (nSPS) is 21.3. The summed E-state index contributed by atoms with van der Waals surface area (Å²) >= 11 is 1.37. The highest BCUT2D eigenvalue weighted by molar-refractivity contribution is 7.13. The van der Waals surface area contributed by atoms with E-state index in [2.05, 4.69) is 15.2 Å². The number of ether oxygens (including phenoxy) is 2. The molecule has 0 spiro atoms. The standard InChI is InChI=1S/C25H32F3N3O3S/c1-16-19(4-3-5-20(16)26)23(32)29-17-6-7-18(33-14-17)8-11-31-12-9-21-22(10-13-31)35-24(30-21)34-15-25(2,27)28/h3-5,17-18H,6-15H2,1-2H3,(H,29,32)/t17-,18+/m0/s1. The first kappa shape index (κ1) is 25.9. The second-order valence-electron chi connectivity index (χ2n) is 9.45. The van der Waals surface area contributed by atoms with Crippen molar-refractivity contribution in [1.82, 2.24) is 15.2 Å². The molecule has 0 aliphatic carbocycles. The Morgan fingerprint density at radius 2 is 2.11 bits per heavy atom. The number of carbonyl (C=O) groups excluding carboxylic acids is 1. The fraction of sp³-hybridized carbons (Fsp3) is 0.600. The van der Waals surface area contributed by atoms with Crippen molar-refractivity contribution < 1.29 is 27.4 Å². The molecule has 35 heavy (non-hydrogen) atoms. The van der Waals surface area contributed by atoms with E-state index in [1.165, 1.54) is 17.4 Å². The number of alkyl halides is 2. The average Bonchev–Trinajstić information content (AvgIpc) is 3.12. The Morgan fingerprint density at radius 3 is 2.86 bits per heavy atom. The number of fused-ring (bicyclic) bond motifs is 1. The average molecular weight is 512 g/mol. The summed E-state index contributed by atoms with van der Waals surface area (Å²) in [6, 6.07) is 4.45. The highest BCUT2D eigenvalue weighted by Crippen LogP contribution is 2.29. The minimum atomic E-state index is -2.87. The van der Waals surface area contributed by atoms with Crippen LogP contribution in [0.3, 0.4) is 0 Å². The van der Waals surface area contributed by atoms with Gasteiger partial charge in [-0.2, -0.15) is 0 Å². The molecule has 1 aromatic carbocycles. The summed E-state index contributed by atoms with van der Waals surface area (Å²) in [5.41, 5.74) is 1.67. The number of hydrogen-bond donors (Lipinski definition) is 1. The first-order chi connectivity index (χ1) is 16.7. The summed E-state index contributed by atoms with van der Waals surface area (Å²) in [6.07, 6.45) is 4.34. The van der Waals surface area contributed by atoms with Gasteiger partial charge in [-0.25, -0.2) is 18.2 Å². The first-order valence-electron chi connectivity index (χ1n) is 12.1. The van der Waals surface area contributed by atoms with E-state index >= 15 is 0 Å². The van der Waals surface area contributed by atoms with Gasteiger partial charge in [-0.3, -0.25) is 4.79 Å². The Morgan fingerprint density at radius 1 is 1.31 bits per heavy atom. The maximum absolute atomic E-state index is 13.7. The van der Waals surface area contributed by atoms with Crippen molar-refractivity contribution in [2.45, 2.75) is 64.0 Å². The second-order valence-corrected chi connectivity index (χ2v) is 10.5. The maximum Gasteiger partial charge on any atom is 0.278 e. The van der Waals surface area contributed by atoms with Crippen molar-refractivity contribution in [2.24, 2.45) is 0 Å². The lowest BCUT2D eigenvalue weighted by Gasteiger charge is -2.31. The van der Waals surface area contributed by atoms with Crippen molar-refractivity contribution in [3.8, 4) is 5.19 Å². The quantitative estimate of drug-likeness (QED) is 0.570. The number of halogens is 3. The van der Waals surface area contributed by atoms with Gasteiger partial charge in [0.1, 0.15) is 5.82 Å². The van der Waals surface area contributed by atoms with Crippen LogP contribution in [0, 0.1) is 12.7 Å². The van der Waals surface area contributed by atoms with Gasteiger partial charge in [0.05, 0.1) is 24.4 Å². The van der Waals surface area contributed by atoms with E-state index in [9.17, 15) is 18.0 Å². The van der Waals surface area contributed by atoms with Gasteiger partial charge in [-0.15, -0.1) is 0 Å². The molecule has 0 unspecified atom stereocenters. The van der Waals surface area contributed by atoms with Crippen molar-refractivity contribution in [1.29, 1.82) is 0 Å². The lowest BCUT2D eigenvalue weighted by atomic mass is 10.0. The number of nitrogens with zero attached hydrogens (tertiary/aromatic N) is 2. The van der Waals surface area contributed by atoms with Gasteiger partial charge in [-0.05, 0) is 50.3 Å². The summed E-state index contributed by atoms with van der Waals surface area (Å²) in [7, 11) is 0. The zero-order valence-corrected chi connectivity index (χ0v) is 20.9. The van der Waals surface area contributed by atoms with Crippen molar-refractivity contribution in [2.75, 3.05) is 32.8 Å². The van der Waals surface area contributed by atoms with Crippen LogP contribution in [0.2, 0.25) is 0 Å². The molecular formula is C25H32F3N3O3S. The molecule has 0 bridgehead atoms. The number of thiazole rings is 1. The van der Waals surface area contributed by atoms with Crippen LogP contribution in [0.5, 0.6) is 5.19 Å². The Labute approximate surface area is 207 Å². The Kier molecular flexibility index (Phi) is 8.34. The lowest BCUT2D eigenvalue weighted by Crippen LogP contribution is -2.43. The Bertz CT molecular complexity index is 994. The second kappa shape index (κ2) is 11.3. The van der Waals surface area contributed by atoms with Gasteiger partial charge in [0, 0.05) is 43.4 Å². The predicted molar refractivity (Wildman–Crippen MR) is 128 cm³/mol. The SMILES string of the molecule is Cc1c(F)cccc1C(=O)N[C@H]1CC[C@H](CCN2CCc3nc(OCC(C)(F)F)sc3CC2)OC1. The molecular weight excluding hydrogens is 479 g/mol. The van der Waals surface area contributed by atoms with Gasteiger partial charge in [-0.1, -0.05) is 17.4 Å². The fourth-order valence-corrected chi connectivity index (χ4v) is 5.39. The minimum Gasteiger partial charge on any atom is -0.464 e. The monoisotopic (exact) mass is 511 g/mol. The first-order valence-corrected chi connectivity index (χ1v) is 12.9. The molecule has 2 aromatic rings. The fourth-order valence-electron chi connectivity index (χ4n) is 4.45. The van der Waals surface area contributed by atoms with Gasteiger partial charge < -0.3 is 19.7 Å². The number of hydrogen-bond acceptors (Lipinski definition) is 6. The molecule has 4 rings (SSSR count). The third-order valence-electron chi connectivity index (χ3n) is 6.51. The van der Waals surface area contributed by atoms with Crippen LogP contribution in [0.15, 0.2) is 18.2 Å². The zero-order valence-electron chi connectivity index (χ0n) is 20.1. The van der Waals surface area contributed by atoms with E-state index < -0.39 is 12.5 Å². The maximum atomic E-state index is 13.7. The Hall–Kier alpha value is -2.17. The highest BCUT2D eigenvalue weighted by atomic mass is 32.1. The third-order valence-corrected chi connectivity index (χ3v) is 7.58. The molecule has 1 fully saturated rings. The van der Waals surface area contributed by atoms with Crippen molar-refractivity contribution in [3.63, 3.8) is 0 Å². The van der Waals surface area contributed by atoms with E-state index in [4.69, 9.17) is 9.47 Å². The smallest absolute Gasteiger partial charge is 0.278 e. The molecule has 1 amide bonds. The van der Waals surface area contributed by atoms with E-state index in [1.807, 2.05) is 0 Å². The van der Waals surface area contributed by atoms with E-state index in [-0.39, 0.29) is 23.9 Å². The zero-order chi connectivity index (χ0) is 25.0. The molecule has 0 radical (unpaired) electrons. The van der Waals surface area contributed by atoms with Crippen LogP contribution in [0.4, 0.5) is 13.2 Å². The van der Waals surface area contributed by atoms with Gasteiger partial charge in [0.15, 0.2) is 6.61 Å². The molecule has 1 N–H and O–H groups in total. The summed E-state index contributed by atoms with van der Waals surface area (Å²) in [6.45, 7) is 4.90. The van der Waals surface area contributed by atoms with E-state index in [0.717, 1.165) is 69.2 Å². The van der Waals surface area contributed by atoms with Crippen LogP contribution < -0.4 is 10.1 Å². The van der Waals surface area contributed by atoms with Crippen LogP contribution >= 0.6 is 11.3 Å². The number of amides is 1. The highest BCUT2D eigenvalue weighted by Gasteiger charge is 2.27. The molecule has 1 saturated heterocycles. The summed E-state index contributed by atoms with van der Waals surface area (Å²) in [4.78, 5) is 20.4. The molecule has 192 valence electrons. The topological polar surface area (TPSA) is 63.7 Å². The molecule has 2 aliphatic rings. The van der Waals surface area contributed by atoms with Crippen LogP contribution in [0.1, 0.15) is 52.7 Å². The summed E-state index contributed by atoms with van der Waals surface area (Å²) in [5.74, 6) is -3.52. The van der Waals surface area contributed by atoms with Crippen LogP contribution in [-0.4, -0.2) is 66.7 Å². The molecule has 3 heterocycles. The summed E-state index contributed by atoms with van der Waals surface area (Å²) in [5, 5.41) is 3.30. The van der Waals surface area contributed by atoms with Crippen LogP contribution in [0.25, 0.3) is 0 Å². The molecule has 0 saturated carbocycles. The minimum absolute atomic E-state index is 0.0780.